The fraction of sp³-hybridized carbons (Fsp3) is 0.417. The van der Waals surface area contributed by atoms with E-state index in [4.69, 9.17) is 9.52 Å². The van der Waals surface area contributed by atoms with Crippen LogP contribution in [0.25, 0.3) is 6.08 Å². The molecule has 4 aliphatic carbocycles. The molecule has 2 aromatic rings. The van der Waals surface area contributed by atoms with Crippen molar-refractivity contribution in [2.45, 2.75) is 43.9 Å². The minimum Gasteiger partial charge on any atom is -0.478 e. The third kappa shape index (κ3) is 3.50. The summed E-state index contributed by atoms with van der Waals surface area (Å²) in [4.78, 5) is 23.4. The molecule has 29 heavy (non-hydrogen) atoms. The molecule has 2 N–H and O–H groups in total. The van der Waals surface area contributed by atoms with Gasteiger partial charge in [-0.25, -0.2) is 4.79 Å². The maximum Gasteiger partial charge on any atom is 0.328 e. The Morgan fingerprint density at radius 2 is 1.72 bits per heavy atom. The first kappa shape index (κ1) is 18.2. The van der Waals surface area contributed by atoms with Crippen molar-refractivity contribution in [1.82, 2.24) is 0 Å². The molecule has 0 aliphatic heterocycles. The molecule has 6 rings (SSSR count). The number of amides is 1. The molecule has 5 heteroatoms. The Morgan fingerprint density at radius 3 is 2.38 bits per heavy atom. The molecule has 4 aliphatic rings. The summed E-state index contributed by atoms with van der Waals surface area (Å²) in [6, 6.07) is 10.9. The Kier molecular flexibility index (Phi) is 4.34. The smallest absolute Gasteiger partial charge is 0.328 e. The number of hydrogen-bond acceptors (Lipinski definition) is 3. The number of benzene rings is 1. The molecule has 1 aromatic carbocycles. The average Bonchev–Trinajstić information content (AvgIpc) is 3.17. The Morgan fingerprint density at radius 1 is 1.03 bits per heavy atom. The molecular formula is C24H25NO4. The topological polar surface area (TPSA) is 79.5 Å². The van der Waals surface area contributed by atoms with Gasteiger partial charge in [-0.1, -0.05) is 12.1 Å². The van der Waals surface area contributed by atoms with Crippen molar-refractivity contribution in [3.05, 3.63) is 59.6 Å². The maximum absolute atomic E-state index is 12.7. The van der Waals surface area contributed by atoms with E-state index >= 15 is 0 Å². The third-order valence-corrected chi connectivity index (χ3v) is 6.95. The number of furan rings is 1. The van der Waals surface area contributed by atoms with Crippen LogP contribution >= 0.6 is 0 Å². The van der Waals surface area contributed by atoms with Crippen LogP contribution in [0.5, 0.6) is 0 Å². The van der Waals surface area contributed by atoms with Crippen molar-refractivity contribution in [2.75, 3.05) is 5.32 Å². The van der Waals surface area contributed by atoms with Gasteiger partial charge in [0.15, 0.2) is 5.76 Å². The van der Waals surface area contributed by atoms with E-state index in [1.54, 1.807) is 30.3 Å². The highest BCUT2D eigenvalue weighted by Gasteiger charge is 2.53. The van der Waals surface area contributed by atoms with Gasteiger partial charge in [-0.2, -0.15) is 0 Å². The first-order valence-electron chi connectivity index (χ1n) is 10.4. The molecule has 0 spiro atoms. The summed E-state index contributed by atoms with van der Waals surface area (Å²) < 4.78 is 6.11. The minimum atomic E-state index is -1.01. The Hall–Kier alpha value is -2.82. The van der Waals surface area contributed by atoms with Crippen LogP contribution in [0.1, 0.15) is 60.4 Å². The van der Waals surface area contributed by atoms with E-state index in [2.05, 4.69) is 5.32 Å². The predicted octanol–water partition coefficient (Wildman–Crippen LogP) is 5.10. The van der Waals surface area contributed by atoms with Crippen molar-refractivity contribution in [3.8, 4) is 0 Å². The van der Waals surface area contributed by atoms with Crippen molar-refractivity contribution in [1.29, 1.82) is 0 Å². The van der Waals surface area contributed by atoms with Crippen molar-refractivity contribution in [2.24, 2.45) is 17.8 Å². The number of nitrogens with one attached hydrogen (secondary N) is 1. The molecule has 0 unspecified atom stereocenters. The fourth-order valence-electron chi connectivity index (χ4n) is 6.24. The van der Waals surface area contributed by atoms with E-state index in [1.165, 1.54) is 44.6 Å². The Bertz CT molecular complexity index is 951. The van der Waals surface area contributed by atoms with Crippen molar-refractivity contribution < 1.29 is 19.1 Å². The highest BCUT2D eigenvalue weighted by atomic mass is 16.4. The van der Waals surface area contributed by atoms with Crippen LogP contribution in [0.15, 0.2) is 46.9 Å². The number of anilines is 1. The molecule has 1 amide bonds. The van der Waals surface area contributed by atoms with Crippen molar-refractivity contribution >= 4 is 23.6 Å². The SMILES string of the molecule is O=C(O)/C=C/c1cccc(NC(=O)c2ccc(C34CC5CC(CC(C5)C3)C4)o2)c1. The molecule has 0 atom stereocenters. The molecule has 150 valence electrons. The second-order valence-electron chi connectivity index (χ2n) is 9.11. The first-order chi connectivity index (χ1) is 14.0. The van der Waals surface area contributed by atoms with Gasteiger partial charge >= 0.3 is 5.97 Å². The zero-order valence-corrected chi connectivity index (χ0v) is 16.3. The normalized spacial score (nSPS) is 30.0. The highest BCUT2D eigenvalue weighted by Crippen LogP contribution is 2.60. The van der Waals surface area contributed by atoms with Crippen LogP contribution < -0.4 is 5.32 Å². The second-order valence-corrected chi connectivity index (χ2v) is 9.11. The molecule has 1 aromatic heterocycles. The molecule has 5 nitrogen and oxygen atoms in total. The molecule has 4 fully saturated rings. The summed E-state index contributed by atoms with van der Waals surface area (Å²) in [5.74, 6) is 2.51. The number of hydrogen-bond donors (Lipinski definition) is 2. The summed E-state index contributed by atoms with van der Waals surface area (Å²) in [7, 11) is 0. The lowest BCUT2D eigenvalue weighted by Crippen LogP contribution is -2.48. The van der Waals surface area contributed by atoms with E-state index in [-0.39, 0.29) is 11.3 Å². The lowest BCUT2D eigenvalue weighted by molar-refractivity contribution is -0.131. The Balaban J connectivity index is 1.32. The van der Waals surface area contributed by atoms with Crippen molar-refractivity contribution in [3.63, 3.8) is 0 Å². The number of carbonyl (C=O) groups excluding carboxylic acids is 1. The van der Waals surface area contributed by atoms with Crippen LogP contribution in [0.4, 0.5) is 5.69 Å². The van der Waals surface area contributed by atoms with E-state index in [9.17, 15) is 9.59 Å². The molecule has 0 radical (unpaired) electrons. The summed E-state index contributed by atoms with van der Waals surface area (Å²) >= 11 is 0. The van der Waals surface area contributed by atoms with Gasteiger partial charge in [0.25, 0.3) is 5.91 Å². The number of carboxylic acids is 1. The summed E-state index contributed by atoms with van der Waals surface area (Å²) in [6.45, 7) is 0. The first-order valence-corrected chi connectivity index (χ1v) is 10.4. The summed E-state index contributed by atoms with van der Waals surface area (Å²) in [5.41, 5.74) is 1.45. The summed E-state index contributed by atoms with van der Waals surface area (Å²) in [5, 5.41) is 11.6. The quantitative estimate of drug-likeness (QED) is 0.695. The van der Waals surface area contributed by atoms with Crippen LogP contribution in [0.2, 0.25) is 0 Å². The lowest BCUT2D eigenvalue weighted by Gasteiger charge is -2.55. The van der Waals surface area contributed by atoms with Gasteiger partial charge in [0.2, 0.25) is 0 Å². The van der Waals surface area contributed by atoms with E-state index in [0.717, 1.165) is 29.6 Å². The fourth-order valence-corrected chi connectivity index (χ4v) is 6.24. The average molecular weight is 391 g/mol. The highest BCUT2D eigenvalue weighted by molar-refractivity contribution is 6.02. The van der Waals surface area contributed by atoms with E-state index in [1.807, 2.05) is 6.07 Å². The molecule has 0 saturated heterocycles. The molecule has 1 heterocycles. The van der Waals surface area contributed by atoms with E-state index < -0.39 is 5.97 Å². The number of carbonyl (C=O) groups is 2. The van der Waals surface area contributed by atoms with E-state index in [0.29, 0.717) is 17.0 Å². The number of carboxylic acid groups (broad SMARTS) is 1. The molecule has 4 saturated carbocycles. The molecule has 4 bridgehead atoms. The third-order valence-electron chi connectivity index (χ3n) is 6.95. The van der Waals surface area contributed by atoms with Crippen LogP contribution in [-0.2, 0) is 10.2 Å². The zero-order chi connectivity index (χ0) is 20.0. The lowest BCUT2D eigenvalue weighted by atomic mass is 9.49. The largest absolute Gasteiger partial charge is 0.478 e. The second kappa shape index (κ2) is 6.90. The molecular weight excluding hydrogens is 366 g/mol. The number of rotatable bonds is 5. The van der Waals surface area contributed by atoms with Gasteiger partial charge in [-0.05, 0) is 92.2 Å². The van der Waals surface area contributed by atoms with Crippen LogP contribution in [0, 0.1) is 17.8 Å². The standard InChI is InChI=1S/C24H25NO4/c26-22(27)7-4-15-2-1-3-19(11-15)25-23(28)20-5-6-21(29-20)24-12-16-8-17(13-24)10-18(9-16)14-24/h1-7,11,16-18H,8-10,12-14H2,(H,25,28)(H,26,27)/b7-4+. The van der Waals surface area contributed by atoms with Crippen LogP contribution in [-0.4, -0.2) is 17.0 Å². The van der Waals surface area contributed by atoms with Gasteiger partial charge < -0.3 is 14.8 Å². The summed E-state index contributed by atoms with van der Waals surface area (Å²) in [6.07, 6.45) is 10.3. The maximum atomic E-state index is 12.7. The van der Waals surface area contributed by atoms with Crippen LogP contribution in [0.3, 0.4) is 0 Å². The zero-order valence-electron chi connectivity index (χ0n) is 16.3. The Labute approximate surface area is 169 Å². The minimum absolute atomic E-state index is 0.134. The van der Waals surface area contributed by atoms with Gasteiger partial charge in [-0.3, -0.25) is 4.79 Å². The van der Waals surface area contributed by atoms with Gasteiger partial charge in [0.05, 0.1) is 0 Å². The monoisotopic (exact) mass is 391 g/mol. The predicted molar refractivity (Wildman–Crippen MR) is 110 cm³/mol. The van der Waals surface area contributed by atoms with Gasteiger partial charge in [0.1, 0.15) is 5.76 Å². The number of aliphatic carboxylic acids is 1. The van der Waals surface area contributed by atoms with Gasteiger partial charge in [0, 0.05) is 17.2 Å². The van der Waals surface area contributed by atoms with Gasteiger partial charge in [-0.15, -0.1) is 0 Å².